The Morgan fingerprint density at radius 2 is 1.21 bits per heavy atom. The molecule has 0 aliphatic rings. The lowest BCUT2D eigenvalue weighted by Crippen LogP contribution is -2.46. The largest absolute Gasteiger partial charge is 0.431 e. The van der Waals surface area contributed by atoms with Gasteiger partial charge in [-0.05, 0) is 29.0 Å². The Hall–Kier alpha value is 0.177. The van der Waals surface area contributed by atoms with Crippen molar-refractivity contribution in [1.29, 1.82) is 0 Å². The Kier molecular flexibility index (Phi) is 4.86. The van der Waals surface area contributed by atoms with E-state index in [1.165, 1.54) is 0 Å². The maximum absolute atomic E-state index is 10.8. The van der Waals surface area contributed by atoms with Gasteiger partial charge in [0.2, 0.25) is 0 Å². The molecule has 0 heterocycles. The molecule has 0 rings (SSSR count). The van der Waals surface area contributed by atoms with Gasteiger partial charge in [0.25, 0.3) is 0 Å². The van der Waals surface area contributed by atoms with Crippen LogP contribution < -0.4 is 0 Å². The van der Waals surface area contributed by atoms with Gasteiger partial charge in [-0.2, -0.15) is 0 Å². The summed E-state index contributed by atoms with van der Waals surface area (Å²) in [6, 6.07) is 2.07. The number of hydrogen-bond acceptors (Lipinski definition) is 1. The van der Waals surface area contributed by atoms with Gasteiger partial charge in [0.05, 0.1) is 0 Å². The Labute approximate surface area is 91.1 Å². The molecule has 0 aliphatic heterocycles. The van der Waals surface area contributed by atoms with Crippen molar-refractivity contribution in [2.24, 2.45) is 11.8 Å². The maximum atomic E-state index is 10.8. The Morgan fingerprint density at radius 1 is 0.929 bits per heavy atom. The summed E-state index contributed by atoms with van der Waals surface area (Å²) in [5.74, 6) is 1.23. The van der Waals surface area contributed by atoms with Crippen molar-refractivity contribution < 1.29 is 4.80 Å². The summed E-state index contributed by atoms with van der Waals surface area (Å²) in [5, 5.41) is 0.113. The average Bonchev–Trinajstić information content (AvgIpc) is 1.78. The molecule has 0 aromatic rings. The van der Waals surface area contributed by atoms with E-state index in [-0.39, 0.29) is 5.04 Å². The standard InChI is InChI=1S/C12H28OSi/c1-10(2)8-14(13,9-11(3)4)12(5,6)7/h10-11,13H,8-9H2,1-7H3. The lowest BCUT2D eigenvalue weighted by molar-refractivity contribution is 0.433. The maximum Gasteiger partial charge on any atom is 0.194 e. The van der Waals surface area contributed by atoms with E-state index >= 15 is 0 Å². The van der Waals surface area contributed by atoms with Crippen LogP contribution in [0.3, 0.4) is 0 Å². The molecule has 14 heavy (non-hydrogen) atoms. The molecule has 0 saturated carbocycles. The fourth-order valence-electron chi connectivity index (χ4n) is 2.05. The first-order valence-electron chi connectivity index (χ1n) is 5.81. The number of hydrogen-bond donors (Lipinski definition) is 1. The van der Waals surface area contributed by atoms with Crippen LogP contribution in [0.1, 0.15) is 48.5 Å². The Morgan fingerprint density at radius 3 is 1.36 bits per heavy atom. The molecule has 2 heteroatoms. The second-order valence-electron chi connectivity index (χ2n) is 6.48. The first-order chi connectivity index (χ1) is 6.08. The second-order valence-corrected chi connectivity index (χ2v) is 10.9. The molecule has 0 saturated heterocycles. The van der Waals surface area contributed by atoms with Crippen LogP contribution in [-0.4, -0.2) is 13.1 Å². The van der Waals surface area contributed by atoms with Crippen molar-refractivity contribution in [2.45, 2.75) is 65.6 Å². The van der Waals surface area contributed by atoms with Gasteiger partial charge in [0.1, 0.15) is 0 Å². The highest BCUT2D eigenvalue weighted by atomic mass is 28.4. The van der Waals surface area contributed by atoms with Crippen LogP contribution in [0, 0.1) is 11.8 Å². The van der Waals surface area contributed by atoms with Gasteiger partial charge in [0.15, 0.2) is 8.32 Å². The van der Waals surface area contributed by atoms with Gasteiger partial charge in [0, 0.05) is 0 Å². The van der Waals surface area contributed by atoms with Crippen molar-refractivity contribution in [1.82, 2.24) is 0 Å². The van der Waals surface area contributed by atoms with Crippen LogP contribution in [0.4, 0.5) is 0 Å². The minimum absolute atomic E-state index is 0.113. The first kappa shape index (κ1) is 14.2. The average molecular weight is 216 g/mol. The van der Waals surface area contributed by atoms with E-state index in [0.717, 1.165) is 12.1 Å². The highest BCUT2D eigenvalue weighted by Gasteiger charge is 2.43. The zero-order chi connectivity index (χ0) is 11.6. The Balaban J connectivity index is 4.67. The highest BCUT2D eigenvalue weighted by Crippen LogP contribution is 2.42. The van der Waals surface area contributed by atoms with E-state index in [2.05, 4.69) is 48.5 Å². The molecule has 1 N–H and O–H groups in total. The minimum atomic E-state index is -2.08. The summed E-state index contributed by atoms with van der Waals surface area (Å²) in [7, 11) is -2.08. The molecule has 1 nitrogen and oxygen atoms in total. The topological polar surface area (TPSA) is 20.2 Å². The van der Waals surface area contributed by atoms with Gasteiger partial charge in [-0.1, -0.05) is 48.5 Å². The predicted octanol–water partition coefficient (Wildman–Crippen LogP) is 4.04. The summed E-state index contributed by atoms with van der Waals surface area (Å²) in [4.78, 5) is 10.8. The molecule has 0 atom stereocenters. The van der Waals surface area contributed by atoms with Crippen LogP contribution in [0.15, 0.2) is 0 Å². The van der Waals surface area contributed by atoms with Crippen molar-refractivity contribution in [2.75, 3.05) is 0 Å². The molecule has 0 radical (unpaired) electrons. The van der Waals surface area contributed by atoms with Crippen molar-refractivity contribution in [3.63, 3.8) is 0 Å². The van der Waals surface area contributed by atoms with Crippen LogP contribution in [0.5, 0.6) is 0 Å². The van der Waals surface area contributed by atoms with Crippen LogP contribution in [0.2, 0.25) is 17.1 Å². The first-order valence-corrected chi connectivity index (χ1v) is 8.17. The molecule has 0 fully saturated rings. The molecular formula is C12H28OSi. The van der Waals surface area contributed by atoms with Crippen molar-refractivity contribution >= 4 is 8.32 Å². The molecule has 0 spiro atoms. The molecule has 0 aromatic carbocycles. The van der Waals surface area contributed by atoms with Gasteiger partial charge in [-0.15, -0.1) is 0 Å². The van der Waals surface area contributed by atoms with E-state index in [1.807, 2.05) is 0 Å². The van der Waals surface area contributed by atoms with E-state index in [4.69, 9.17) is 0 Å². The zero-order valence-electron chi connectivity index (χ0n) is 11.0. The third kappa shape index (κ3) is 4.14. The second kappa shape index (κ2) is 4.80. The highest BCUT2D eigenvalue weighted by molar-refractivity contribution is 6.75. The zero-order valence-corrected chi connectivity index (χ0v) is 12.0. The van der Waals surface area contributed by atoms with E-state index in [9.17, 15) is 4.80 Å². The van der Waals surface area contributed by atoms with Crippen LogP contribution >= 0.6 is 0 Å². The number of rotatable bonds is 4. The van der Waals surface area contributed by atoms with Crippen LogP contribution in [0.25, 0.3) is 0 Å². The van der Waals surface area contributed by atoms with Gasteiger partial charge in [-0.3, -0.25) is 0 Å². The van der Waals surface area contributed by atoms with Gasteiger partial charge in [-0.25, -0.2) is 0 Å². The van der Waals surface area contributed by atoms with E-state index in [1.54, 1.807) is 0 Å². The summed E-state index contributed by atoms with van der Waals surface area (Å²) in [6.45, 7) is 15.4. The lowest BCUT2D eigenvalue weighted by atomic mass is 10.2. The van der Waals surface area contributed by atoms with Gasteiger partial charge >= 0.3 is 0 Å². The molecule has 0 aromatic heterocycles. The SMILES string of the molecule is CC(C)C[Si](O)(CC(C)C)C(C)(C)C. The minimum Gasteiger partial charge on any atom is -0.431 e. The fourth-order valence-corrected chi connectivity index (χ4v) is 6.14. The summed E-state index contributed by atoms with van der Waals surface area (Å²) < 4.78 is 0. The summed E-state index contributed by atoms with van der Waals surface area (Å²) in [5.41, 5.74) is 0. The monoisotopic (exact) mass is 216 g/mol. The molecule has 0 unspecified atom stereocenters. The molecule has 0 bridgehead atoms. The normalized spacial score (nSPS) is 14.1. The molecular weight excluding hydrogens is 188 g/mol. The quantitative estimate of drug-likeness (QED) is 0.703. The fraction of sp³-hybridized carbons (Fsp3) is 1.00. The summed E-state index contributed by atoms with van der Waals surface area (Å²) >= 11 is 0. The third-order valence-electron chi connectivity index (χ3n) is 2.89. The Bertz CT molecular complexity index is 158. The van der Waals surface area contributed by atoms with E-state index < -0.39 is 8.32 Å². The molecule has 0 amide bonds. The third-order valence-corrected chi connectivity index (χ3v) is 8.66. The van der Waals surface area contributed by atoms with Gasteiger partial charge < -0.3 is 4.80 Å². The molecule has 0 aliphatic carbocycles. The predicted molar refractivity (Wildman–Crippen MR) is 67.0 cm³/mol. The summed E-state index contributed by atoms with van der Waals surface area (Å²) in [6.07, 6.45) is 0. The van der Waals surface area contributed by atoms with Crippen LogP contribution in [-0.2, 0) is 0 Å². The lowest BCUT2D eigenvalue weighted by Gasteiger charge is -2.40. The van der Waals surface area contributed by atoms with Crippen molar-refractivity contribution in [3.8, 4) is 0 Å². The van der Waals surface area contributed by atoms with E-state index in [0.29, 0.717) is 11.8 Å². The smallest absolute Gasteiger partial charge is 0.194 e. The molecule has 86 valence electrons. The van der Waals surface area contributed by atoms with Crippen molar-refractivity contribution in [3.05, 3.63) is 0 Å².